The highest BCUT2D eigenvalue weighted by molar-refractivity contribution is 7.09. The zero-order valence-electron chi connectivity index (χ0n) is 9.81. The van der Waals surface area contributed by atoms with E-state index in [-0.39, 0.29) is 5.92 Å². The maximum Gasteiger partial charge on any atom is 0.0973 e. The Balaban J connectivity index is 2.11. The van der Waals surface area contributed by atoms with Crippen LogP contribution >= 0.6 is 11.3 Å². The van der Waals surface area contributed by atoms with E-state index >= 15 is 0 Å². The number of likely N-dealkylation sites (N-methyl/N-ethyl adjacent to an activating group) is 1. The Morgan fingerprint density at radius 3 is 3.12 bits per heavy atom. The summed E-state index contributed by atoms with van der Waals surface area (Å²) in [6.07, 6.45) is 2.05. The molecule has 86 valence electrons. The molecule has 2 unspecified atom stereocenters. The fourth-order valence-electron chi connectivity index (χ4n) is 2.15. The van der Waals surface area contributed by atoms with Crippen LogP contribution < -0.4 is 0 Å². The van der Waals surface area contributed by atoms with Crippen LogP contribution in [0.5, 0.6) is 0 Å². The molecule has 0 spiro atoms. The average Bonchev–Trinajstić information content (AvgIpc) is 2.89. The first kappa shape index (κ1) is 11.6. The number of hydrogen-bond donors (Lipinski definition) is 0. The fraction of sp³-hybridized carbons (Fsp3) is 0.667. The summed E-state index contributed by atoms with van der Waals surface area (Å²) in [6.45, 7) is 4.31. The van der Waals surface area contributed by atoms with E-state index in [1.807, 2.05) is 6.92 Å². The number of aromatic nitrogens is 1. The largest absolute Gasteiger partial charge is 0.306 e. The fourth-order valence-corrected chi connectivity index (χ4v) is 3.15. The molecular weight excluding hydrogens is 218 g/mol. The van der Waals surface area contributed by atoms with Crippen LogP contribution in [0.1, 0.15) is 42.3 Å². The second kappa shape index (κ2) is 4.94. The molecule has 2 heterocycles. The number of nitriles is 1. The van der Waals surface area contributed by atoms with E-state index in [9.17, 15) is 0 Å². The van der Waals surface area contributed by atoms with Gasteiger partial charge in [-0.25, -0.2) is 4.98 Å². The van der Waals surface area contributed by atoms with Crippen LogP contribution in [0, 0.1) is 11.3 Å². The van der Waals surface area contributed by atoms with Crippen molar-refractivity contribution >= 4 is 11.3 Å². The zero-order valence-corrected chi connectivity index (χ0v) is 10.6. The minimum Gasteiger partial charge on any atom is -0.306 e. The maximum atomic E-state index is 9.00. The van der Waals surface area contributed by atoms with Gasteiger partial charge in [-0.2, -0.15) is 5.26 Å². The van der Waals surface area contributed by atoms with Gasteiger partial charge in [-0.3, -0.25) is 0 Å². The van der Waals surface area contributed by atoms with Crippen molar-refractivity contribution in [2.24, 2.45) is 0 Å². The van der Waals surface area contributed by atoms with E-state index in [1.54, 1.807) is 11.3 Å². The van der Waals surface area contributed by atoms with Gasteiger partial charge < -0.3 is 4.90 Å². The van der Waals surface area contributed by atoms with Crippen LogP contribution in [0.4, 0.5) is 0 Å². The van der Waals surface area contributed by atoms with Crippen LogP contribution in [0.25, 0.3) is 0 Å². The third-order valence-corrected chi connectivity index (χ3v) is 4.23. The smallest absolute Gasteiger partial charge is 0.0973 e. The Kier molecular flexibility index (Phi) is 3.57. The van der Waals surface area contributed by atoms with Gasteiger partial charge in [0.15, 0.2) is 0 Å². The highest BCUT2D eigenvalue weighted by Gasteiger charge is 2.24. The van der Waals surface area contributed by atoms with Crippen molar-refractivity contribution in [2.45, 2.75) is 31.6 Å². The number of thiazole rings is 1. The summed E-state index contributed by atoms with van der Waals surface area (Å²) in [5.74, 6) is 0.559. The molecule has 1 aliphatic heterocycles. The lowest BCUT2D eigenvalue weighted by Gasteiger charge is -2.07. The molecule has 3 nitrogen and oxygen atoms in total. The number of hydrogen-bond acceptors (Lipinski definition) is 4. The SMILES string of the molecule is CCC(C#N)c1csc(C2CCN(C)C2)n1. The van der Waals surface area contributed by atoms with E-state index < -0.39 is 0 Å². The molecular formula is C12H17N3S. The molecule has 1 saturated heterocycles. The maximum absolute atomic E-state index is 9.00. The van der Waals surface area contributed by atoms with Crippen molar-refractivity contribution < 1.29 is 0 Å². The lowest BCUT2D eigenvalue weighted by molar-refractivity contribution is 0.411. The summed E-state index contributed by atoms with van der Waals surface area (Å²) in [5, 5.41) is 12.3. The minimum atomic E-state index is -0.0240. The molecule has 1 aliphatic rings. The van der Waals surface area contributed by atoms with Crippen LogP contribution in [0.3, 0.4) is 0 Å². The van der Waals surface area contributed by atoms with Crippen molar-refractivity contribution in [1.82, 2.24) is 9.88 Å². The van der Waals surface area contributed by atoms with Crippen LogP contribution in [-0.2, 0) is 0 Å². The van der Waals surface area contributed by atoms with Crippen LogP contribution in [0.15, 0.2) is 5.38 Å². The minimum absolute atomic E-state index is 0.0240. The van der Waals surface area contributed by atoms with Crippen molar-refractivity contribution in [3.63, 3.8) is 0 Å². The number of likely N-dealkylation sites (tertiary alicyclic amines) is 1. The van der Waals surface area contributed by atoms with Gasteiger partial charge in [-0.05, 0) is 26.4 Å². The second-order valence-corrected chi connectivity index (χ2v) is 5.34. The molecule has 0 aliphatic carbocycles. The second-order valence-electron chi connectivity index (χ2n) is 4.45. The van der Waals surface area contributed by atoms with Gasteiger partial charge in [0, 0.05) is 17.8 Å². The van der Waals surface area contributed by atoms with Crippen molar-refractivity contribution in [1.29, 1.82) is 5.26 Å². The molecule has 1 fully saturated rings. The lowest BCUT2D eigenvalue weighted by Crippen LogP contribution is -2.13. The molecule has 16 heavy (non-hydrogen) atoms. The first-order chi connectivity index (χ1) is 7.74. The van der Waals surface area contributed by atoms with Crippen LogP contribution in [-0.4, -0.2) is 30.0 Å². The van der Waals surface area contributed by atoms with E-state index in [2.05, 4.69) is 28.4 Å². The van der Waals surface area contributed by atoms with Gasteiger partial charge in [0.2, 0.25) is 0 Å². The Hall–Kier alpha value is -0.920. The molecule has 0 radical (unpaired) electrons. The number of nitrogens with zero attached hydrogens (tertiary/aromatic N) is 3. The summed E-state index contributed by atoms with van der Waals surface area (Å²) in [7, 11) is 2.15. The summed E-state index contributed by atoms with van der Waals surface area (Å²) in [4.78, 5) is 6.98. The topological polar surface area (TPSA) is 39.9 Å². The third-order valence-electron chi connectivity index (χ3n) is 3.20. The van der Waals surface area contributed by atoms with Gasteiger partial charge in [0.05, 0.1) is 22.7 Å². The quantitative estimate of drug-likeness (QED) is 0.808. The lowest BCUT2D eigenvalue weighted by atomic mass is 10.1. The van der Waals surface area contributed by atoms with Crippen molar-refractivity contribution in [3.8, 4) is 6.07 Å². The Morgan fingerprint density at radius 2 is 2.56 bits per heavy atom. The molecule has 0 N–H and O–H groups in total. The Morgan fingerprint density at radius 1 is 1.75 bits per heavy atom. The van der Waals surface area contributed by atoms with Gasteiger partial charge in [0.25, 0.3) is 0 Å². The summed E-state index contributed by atoms with van der Waals surface area (Å²) in [5.41, 5.74) is 0.972. The monoisotopic (exact) mass is 235 g/mol. The van der Waals surface area contributed by atoms with Gasteiger partial charge in [-0.1, -0.05) is 6.92 Å². The summed E-state index contributed by atoms with van der Waals surface area (Å²) >= 11 is 1.72. The van der Waals surface area contributed by atoms with E-state index in [4.69, 9.17) is 5.26 Å². The van der Waals surface area contributed by atoms with E-state index in [0.29, 0.717) is 5.92 Å². The van der Waals surface area contributed by atoms with Gasteiger partial charge in [-0.15, -0.1) is 11.3 Å². The third kappa shape index (κ3) is 2.26. The summed E-state index contributed by atoms with van der Waals surface area (Å²) in [6, 6.07) is 2.31. The summed E-state index contributed by atoms with van der Waals surface area (Å²) < 4.78 is 0. The molecule has 0 saturated carbocycles. The molecule has 1 aromatic heterocycles. The molecule has 2 atom stereocenters. The first-order valence-electron chi connectivity index (χ1n) is 5.78. The molecule has 0 bridgehead atoms. The van der Waals surface area contributed by atoms with Gasteiger partial charge >= 0.3 is 0 Å². The van der Waals surface area contributed by atoms with E-state index in [0.717, 1.165) is 25.2 Å². The average molecular weight is 235 g/mol. The number of rotatable bonds is 3. The normalized spacial score (nSPS) is 23.2. The molecule has 1 aromatic rings. The first-order valence-corrected chi connectivity index (χ1v) is 6.66. The van der Waals surface area contributed by atoms with E-state index in [1.165, 1.54) is 11.4 Å². The van der Waals surface area contributed by atoms with Crippen molar-refractivity contribution in [3.05, 3.63) is 16.1 Å². The van der Waals surface area contributed by atoms with Crippen molar-refractivity contribution in [2.75, 3.05) is 20.1 Å². The molecule has 4 heteroatoms. The highest BCUT2D eigenvalue weighted by Crippen LogP contribution is 2.31. The highest BCUT2D eigenvalue weighted by atomic mass is 32.1. The predicted molar refractivity (Wildman–Crippen MR) is 65.6 cm³/mol. The Bertz CT molecular complexity index is 393. The molecule has 0 amide bonds. The molecule has 2 rings (SSSR count). The zero-order chi connectivity index (χ0) is 11.5. The molecule has 0 aromatic carbocycles. The standard InChI is InChI=1S/C12H17N3S/c1-3-9(6-13)11-8-16-12(14-11)10-4-5-15(2)7-10/h8-10H,3-5,7H2,1-2H3. The Labute approximate surface area is 101 Å². The van der Waals surface area contributed by atoms with Crippen LogP contribution in [0.2, 0.25) is 0 Å². The predicted octanol–water partition coefficient (Wildman–Crippen LogP) is 2.58. The van der Waals surface area contributed by atoms with Gasteiger partial charge in [0.1, 0.15) is 0 Å².